The first-order chi connectivity index (χ1) is 12.2. The Morgan fingerprint density at radius 3 is 2.58 bits per heavy atom. The highest BCUT2D eigenvalue weighted by atomic mass is 32.2. The van der Waals surface area contributed by atoms with Gasteiger partial charge in [0.2, 0.25) is 0 Å². The normalized spacial score (nSPS) is 12.5. The lowest BCUT2D eigenvalue weighted by Crippen LogP contribution is -2.28. The van der Waals surface area contributed by atoms with E-state index in [1.165, 1.54) is 18.4 Å². The first kappa shape index (κ1) is 18.7. The van der Waals surface area contributed by atoms with Crippen LogP contribution < -0.4 is 9.47 Å². The van der Waals surface area contributed by atoms with Crippen molar-refractivity contribution in [2.75, 3.05) is 13.7 Å². The summed E-state index contributed by atoms with van der Waals surface area (Å²) in [6.45, 7) is 7.42. The monoisotopic (exact) mass is 395 g/mol. The summed E-state index contributed by atoms with van der Waals surface area (Å²) in [5, 5.41) is 0.563. The third-order valence-corrected chi connectivity index (χ3v) is 7.33. The average molecular weight is 396 g/mol. The number of sulfone groups is 1. The zero-order chi connectivity index (χ0) is 19.1. The van der Waals surface area contributed by atoms with Gasteiger partial charge in [-0.1, -0.05) is 11.3 Å². The quantitative estimate of drug-likeness (QED) is 0.658. The number of imidazole rings is 1. The second-order valence-electron chi connectivity index (χ2n) is 6.62. The summed E-state index contributed by atoms with van der Waals surface area (Å²) in [6.07, 6.45) is 4.95. The fourth-order valence-corrected chi connectivity index (χ4v) is 4.57. The molecular formula is C17H21N3O4S2. The lowest BCUT2D eigenvalue weighted by molar-refractivity contribution is 0.338. The number of nitrogens with zero attached hydrogens (tertiary/aromatic N) is 3. The maximum absolute atomic E-state index is 13.0. The maximum atomic E-state index is 13.0. The molecule has 3 aromatic rings. The van der Waals surface area contributed by atoms with Crippen LogP contribution in [0.4, 0.5) is 0 Å². The number of thiazole rings is 1. The lowest BCUT2D eigenvalue weighted by Gasteiger charge is -2.21. The highest BCUT2D eigenvalue weighted by Gasteiger charge is 2.34. The molecule has 0 radical (unpaired) electrons. The van der Waals surface area contributed by atoms with Gasteiger partial charge in [0.15, 0.2) is 9.84 Å². The topological polar surface area (TPSA) is 82.8 Å². The maximum Gasteiger partial charge on any atom is 0.273 e. The molecule has 3 rings (SSSR count). The third kappa shape index (κ3) is 3.05. The van der Waals surface area contributed by atoms with Gasteiger partial charge in [0, 0.05) is 12.3 Å². The Labute approximate surface area is 156 Å². The average Bonchev–Trinajstić information content (AvgIpc) is 3.18. The van der Waals surface area contributed by atoms with E-state index in [0.29, 0.717) is 17.4 Å². The fraction of sp³-hybridized carbons (Fsp3) is 0.412. The van der Waals surface area contributed by atoms with Crippen LogP contribution in [0.1, 0.15) is 27.7 Å². The van der Waals surface area contributed by atoms with Crippen LogP contribution in [-0.4, -0.2) is 41.3 Å². The van der Waals surface area contributed by atoms with E-state index >= 15 is 0 Å². The Morgan fingerprint density at radius 2 is 1.96 bits per heavy atom. The van der Waals surface area contributed by atoms with Crippen molar-refractivity contribution in [3.63, 3.8) is 0 Å². The number of ether oxygens (including phenoxy) is 2. The Hall–Kier alpha value is -2.13. The van der Waals surface area contributed by atoms with Gasteiger partial charge in [0.1, 0.15) is 16.3 Å². The molecule has 0 aromatic carbocycles. The van der Waals surface area contributed by atoms with E-state index < -0.39 is 14.6 Å². The molecule has 3 aromatic heterocycles. The molecule has 0 atom stereocenters. The van der Waals surface area contributed by atoms with E-state index in [4.69, 9.17) is 9.47 Å². The number of fused-ring (bicyclic) bond motifs is 1. The molecule has 0 aliphatic rings. The number of aromatic nitrogens is 3. The Kier molecular flexibility index (Phi) is 4.70. The molecule has 0 aliphatic carbocycles. The van der Waals surface area contributed by atoms with Gasteiger partial charge in [-0.15, -0.1) is 0 Å². The summed E-state index contributed by atoms with van der Waals surface area (Å²) >= 11 is 1.38. The first-order valence-electron chi connectivity index (χ1n) is 8.07. The van der Waals surface area contributed by atoms with E-state index in [1.54, 1.807) is 49.8 Å². The van der Waals surface area contributed by atoms with Crippen LogP contribution in [0.5, 0.6) is 10.9 Å². The summed E-state index contributed by atoms with van der Waals surface area (Å²) < 4.78 is 37.5. The van der Waals surface area contributed by atoms with Gasteiger partial charge < -0.3 is 9.47 Å². The molecule has 26 heavy (non-hydrogen) atoms. The Balaban J connectivity index is 2.21. The standard InChI is InChI=1S/C17H21N3O4S2/c1-6-24-16-19-9-13(25-16)11-8-18-15-7-12(23-5)14(10-20(11)15)26(21,22)17(2,3)4/h7-10H,6H2,1-5H3. The molecule has 0 saturated carbocycles. The summed E-state index contributed by atoms with van der Waals surface area (Å²) in [5.41, 5.74) is 1.34. The summed E-state index contributed by atoms with van der Waals surface area (Å²) in [4.78, 5) is 9.57. The van der Waals surface area contributed by atoms with Crippen molar-refractivity contribution in [2.24, 2.45) is 0 Å². The van der Waals surface area contributed by atoms with Crippen LogP contribution in [0.3, 0.4) is 0 Å². The largest absolute Gasteiger partial charge is 0.495 e. The first-order valence-corrected chi connectivity index (χ1v) is 10.4. The molecule has 0 N–H and O–H groups in total. The Bertz CT molecular complexity index is 1050. The van der Waals surface area contributed by atoms with Crippen LogP contribution in [0.2, 0.25) is 0 Å². The van der Waals surface area contributed by atoms with E-state index in [-0.39, 0.29) is 10.6 Å². The molecule has 0 fully saturated rings. The highest BCUT2D eigenvalue weighted by Crippen LogP contribution is 2.36. The Morgan fingerprint density at radius 1 is 1.23 bits per heavy atom. The van der Waals surface area contributed by atoms with Crippen molar-refractivity contribution in [2.45, 2.75) is 37.3 Å². The van der Waals surface area contributed by atoms with Gasteiger partial charge in [-0.2, -0.15) is 0 Å². The van der Waals surface area contributed by atoms with Crippen LogP contribution in [0.15, 0.2) is 29.6 Å². The van der Waals surface area contributed by atoms with Gasteiger partial charge in [-0.3, -0.25) is 4.40 Å². The zero-order valence-corrected chi connectivity index (χ0v) is 16.9. The molecule has 0 amide bonds. The second kappa shape index (κ2) is 6.55. The second-order valence-corrected chi connectivity index (χ2v) is 10.3. The predicted octanol–water partition coefficient (Wildman–Crippen LogP) is 3.44. The summed E-state index contributed by atoms with van der Waals surface area (Å²) in [7, 11) is -2.15. The minimum Gasteiger partial charge on any atom is -0.495 e. The molecule has 9 heteroatoms. The zero-order valence-electron chi connectivity index (χ0n) is 15.3. The molecule has 0 bridgehead atoms. The fourth-order valence-electron chi connectivity index (χ4n) is 2.43. The number of hydrogen-bond acceptors (Lipinski definition) is 7. The van der Waals surface area contributed by atoms with E-state index in [1.807, 2.05) is 6.92 Å². The van der Waals surface area contributed by atoms with Crippen LogP contribution in [-0.2, 0) is 9.84 Å². The SMILES string of the molecule is CCOc1ncc(-c2cnc3cc(OC)c(S(=O)(=O)C(C)(C)C)cn23)s1. The van der Waals surface area contributed by atoms with E-state index in [2.05, 4.69) is 9.97 Å². The van der Waals surface area contributed by atoms with Crippen molar-refractivity contribution in [1.29, 1.82) is 0 Å². The van der Waals surface area contributed by atoms with E-state index in [9.17, 15) is 8.42 Å². The molecular weight excluding hydrogens is 374 g/mol. The highest BCUT2D eigenvalue weighted by molar-refractivity contribution is 7.92. The van der Waals surface area contributed by atoms with Crippen molar-refractivity contribution in [3.8, 4) is 21.5 Å². The smallest absolute Gasteiger partial charge is 0.273 e. The summed E-state index contributed by atoms with van der Waals surface area (Å²) in [5.74, 6) is 0.281. The van der Waals surface area contributed by atoms with Crippen molar-refractivity contribution in [3.05, 3.63) is 24.7 Å². The molecule has 0 aliphatic heterocycles. The third-order valence-electron chi connectivity index (χ3n) is 3.90. The molecule has 0 unspecified atom stereocenters. The van der Waals surface area contributed by atoms with Crippen molar-refractivity contribution < 1.29 is 17.9 Å². The van der Waals surface area contributed by atoms with Gasteiger partial charge in [0.05, 0.1) is 41.4 Å². The van der Waals surface area contributed by atoms with Crippen LogP contribution in [0, 0.1) is 0 Å². The van der Waals surface area contributed by atoms with Crippen LogP contribution in [0.25, 0.3) is 16.2 Å². The van der Waals surface area contributed by atoms with E-state index in [0.717, 1.165) is 10.6 Å². The van der Waals surface area contributed by atoms with Crippen molar-refractivity contribution in [1.82, 2.24) is 14.4 Å². The summed E-state index contributed by atoms with van der Waals surface area (Å²) in [6, 6.07) is 1.63. The van der Waals surface area contributed by atoms with Crippen LogP contribution >= 0.6 is 11.3 Å². The molecule has 0 saturated heterocycles. The minimum absolute atomic E-state index is 0.133. The predicted molar refractivity (Wildman–Crippen MR) is 101 cm³/mol. The molecule has 140 valence electrons. The van der Waals surface area contributed by atoms with Gasteiger partial charge in [-0.05, 0) is 27.7 Å². The molecule has 7 nitrogen and oxygen atoms in total. The number of pyridine rings is 1. The number of hydrogen-bond donors (Lipinski definition) is 0. The number of rotatable bonds is 5. The molecule has 3 heterocycles. The van der Waals surface area contributed by atoms with Gasteiger partial charge in [0.25, 0.3) is 5.19 Å². The van der Waals surface area contributed by atoms with Gasteiger partial charge >= 0.3 is 0 Å². The van der Waals surface area contributed by atoms with Crippen molar-refractivity contribution >= 4 is 26.8 Å². The molecule has 0 spiro atoms. The minimum atomic E-state index is -3.60. The lowest BCUT2D eigenvalue weighted by atomic mass is 10.3. The van der Waals surface area contributed by atoms with Gasteiger partial charge in [-0.25, -0.2) is 18.4 Å². The number of methoxy groups -OCH3 is 1.